The van der Waals surface area contributed by atoms with Crippen molar-refractivity contribution in [2.45, 2.75) is 6.54 Å². The minimum Gasteiger partial charge on any atom is -0.477 e. The lowest BCUT2D eigenvalue weighted by Crippen LogP contribution is -2.08. The van der Waals surface area contributed by atoms with Crippen LogP contribution in [0.1, 0.15) is 16.2 Å². The van der Waals surface area contributed by atoms with Gasteiger partial charge in [0.05, 0.1) is 17.7 Å². The fraction of sp³-hybridized carbons (Fsp3) is 0.111. The Hall–Kier alpha value is -0.890. The fourth-order valence-corrected chi connectivity index (χ4v) is 2.46. The standard InChI is InChI=1S/C9H7IN2O2S/c10-6-1-8(9(13)14)12(2-6)3-7-4-15-5-11-7/h1-2,4-5H,3H2,(H,13,14). The minimum atomic E-state index is -0.909. The predicted octanol–water partition coefficient (Wildman–Crippen LogP) is 2.30. The number of carbonyl (C=O) groups is 1. The fourth-order valence-electron chi connectivity index (χ4n) is 1.27. The highest BCUT2D eigenvalue weighted by molar-refractivity contribution is 14.1. The van der Waals surface area contributed by atoms with Gasteiger partial charge in [-0.05, 0) is 28.7 Å². The second kappa shape index (κ2) is 4.31. The summed E-state index contributed by atoms with van der Waals surface area (Å²) in [6, 6.07) is 1.65. The average molecular weight is 334 g/mol. The minimum absolute atomic E-state index is 0.299. The summed E-state index contributed by atoms with van der Waals surface area (Å²) < 4.78 is 2.61. The number of aromatic carboxylic acids is 1. The highest BCUT2D eigenvalue weighted by Gasteiger charge is 2.11. The summed E-state index contributed by atoms with van der Waals surface area (Å²) in [6.45, 7) is 0.508. The van der Waals surface area contributed by atoms with Gasteiger partial charge in [0.15, 0.2) is 0 Å². The largest absolute Gasteiger partial charge is 0.477 e. The monoisotopic (exact) mass is 334 g/mol. The van der Waals surface area contributed by atoms with E-state index in [4.69, 9.17) is 5.11 Å². The summed E-state index contributed by atoms with van der Waals surface area (Å²) in [4.78, 5) is 15.0. The average Bonchev–Trinajstić information content (AvgIpc) is 2.75. The Balaban J connectivity index is 2.31. The van der Waals surface area contributed by atoms with Crippen molar-refractivity contribution in [3.05, 3.63) is 38.1 Å². The molecule has 4 nitrogen and oxygen atoms in total. The van der Waals surface area contributed by atoms with Crippen molar-refractivity contribution in [1.82, 2.24) is 9.55 Å². The first-order chi connectivity index (χ1) is 7.16. The van der Waals surface area contributed by atoms with E-state index in [2.05, 4.69) is 27.6 Å². The molecule has 0 aromatic carbocycles. The van der Waals surface area contributed by atoms with Crippen molar-refractivity contribution >= 4 is 39.9 Å². The van der Waals surface area contributed by atoms with Gasteiger partial charge in [0.2, 0.25) is 0 Å². The van der Waals surface area contributed by atoms with Crippen molar-refractivity contribution in [3.63, 3.8) is 0 Å². The lowest BCUT2D eigenvalue weighted by atomic mass is 10.4. The summed E-state index contributed by atoms with van der Waals surface area (Å²) in [5.74, 6) is -0.909. The first kappa shape index (κ1) is 10.6. The number of halogens is 1. The van der Waals surface area contributed by atoms with E-state index in [0.29, 0.717) is 12.2 Å². The van der Waals surface area contributed by atoms with Crippen molar-refractivity contribution in [2.24, 2.45) is 0 Å². The summed E-state index contributed by atoms with van der Waals surface area (Å²) >= 11 is 3.61. The molecule has 2 aromatic rings. The van der Waals surface area contributed by atoms with Crippen LogP contribution < -0.4 is 0 Å². The molecule has 0 bridgehead atoms. The van der Waals surface area contributed by atoms with Gasteiger partial charge in [0.25, 0.3) is 0 Å². The highest BCUT2D eigenvalue weighted by atomic mass is 127. The number of rotatable bonds is 3. The van der Waals surface area contributed by atoms with Gasteiger partial charge < -0.3 is 9.67 Å². The maximum Gasteiger partial charge on any atom is 0.352 e. The van der Waals surface area contributed by atoms with Crippen LogP contribution in [0.4, 0.5) is 0 Å². The molecule has 0 aliphatic heterocycles. The molecular formula is C9H7IN2O2S. The molecule has 0 saturated carbocycles. The maximum absolute atomic E-state index is 10.9. The molecule has 0 radical (unpaired) electrons. The number of aromatic nitrogens is 2. The van der Waals surface area contributed by atoms with Crippen LogP contribution in [0.25, 0.3) is 0 Å². The van der Waals surface area contributed by atoms with Crippen molar-refractivity contribution in [2.75, 3.05) is 0 Å². The number of carboxylic acids is 1. The molecular weight excluding hydrogens is 327 g/mol. The molecule has 0 amide bonds. The van der Waals surface area contributed by atoms with Crippen LogP contribution >= 0.6 is 33.9 Å². The van der Waals surface area contributed by atoms with Crippen molar-refractivity contribution < 1.29 is 9.90 Å². The highest BCUT2D eigenvalue weighted by Crippen LogP contribution is 2.13. The van der Waals surface area contributed by atoms with Crippen molar-refractivity contribution in [3.8, 4) is 0 Å². The topological polar surface area (TPSA) is 55.1 Å². The zero-order chi connectivity index (χ0) is 10.8. The Morgan fingerprint density at radius 1 is 1.67 bits per heavy atom. The molecule has 0 fully saturated rings. The third-order valence-corrected chi connectivity index (χ3v) is 3.12. The van der Waals surface area contributed by atoms with E-state index in [1.807, 2.05) is 11.6 Å². The summed E-state index contributed by atoms with van der Waals surface area (Å²) in [6.07, 6.45) is 1.81. The van der Waals surface area contributed by atoms with Crippen LogP contribution in [0.5, 0.6) is 0 Å². The Labute approximate surface area is 104 Å². The molecule has 0 atom stereocenters. The van der Waals surface area contributed by atoms with Gasteiger partial charge in [-0.15, -0.1) is 11.3 Å². The second-order valence-corrected chi connectivity index (χ2v) is 4.92. The number of carboxylic acid groups (broad SMARTS) is 1. The van der Waals surface area contributed by atoms with E-state index in [9.17, 15) is 4.79 Å². The van der Waals surface area contributed by atoms with Gasteiger partial charge in [-0.3, -0.25) is 0 Å². The van der Waals surface area contributed by atoms with Crippen LogP contribution in [0.3, 0.4) is 0 Å². The van der Waals surface area contributed by atoms with Gasteiger partial charge in [0.1, 0.15) is 5.69 Å². The SMILES string of the molecule is O=C(O)c1cc(I)cn1Cc1cscn1. The second-order valence-electron chi connectivity index (χ2n) is 2.96. The third kappa shape index (κ3) is 2.37. The van der Waals surface area contributed by atoms with Crippen LogP contribution in [-0.4, -0.2) is 20.6 Å². The quantitative estimate of drug-likeness (QED) is 0.877. The maximum atomic E-state index is 10.9. The first-order valence-electron chi connectivity index (χ1n) is 4.13. The van der Waals surface area contributed by atoms with E-state index in [1.54, 1.807) is 16.1 Å². The number of hydrogen-bond acceptors (Lipinski definition) is 3. The van der Waals surface area contributed by atoms with Crippen LogP contribution in [-0.2, 0) is 6.54 Å². The molecule has 0 unspecified atom stereocenters. The Morgan fingerprint density at radius 2 is 2.47 bits per heavy atom. The third-order valence-electron chi connectivity index (χ3n) is 1.90. The van der Waals surface area contributed by atoms with Crippen LogP contribution in [0.2, 0.25) is 0 Å². The van der Waals surface area contributed by atoms with Gasteiger partial charge in [-0.1, -0.05) is 0 Å². The Morgan fingerprint density at radius 3 is 3.07 bits per heavy atom. The van der Waals surface area contributed by atoms with Gasteiger partial charge >= 0.3 is 5.97 Å². The summed E-state index contributed by atoms with van der Waals surface area (Å²) in [5.41, 5.74) is 2.92. The molecule has 0 aliphatic carbocycles. The number of nitrogens with zero attached hydrogens (tertiary/aromatic N) is 2. The molecule has 2 rings (SSSR count). The predicted molar refractivity (Wildman–Crippen MR) is 65.3 cm³/mol. The summed E-state index contributed by atoms with van der Waals surface area (Å²) in [5, 5.41) is 10.9. The molecule has 1 N–H and O–H groups in total. The molecule has 2 aromatic heterocycles. The van der Waals surface area contributed by atoms with Crippen molar-refractivity contribution in [1.29, 1.82) is 0 Å². The molecule has 6 heteroatoms. The Bertz CT molecular complexity index is 478. The molecule has 15 heavy (non-hydrogen) atoms. The van der Waals surface area contributed by atoms with E-state index < -0.39 is 5.97 Å². The van der Waals surface area contributed by atoms with E-state index in [-0.39, 0.29) is 0 Å². The molecule has 2 heterocycles. The van der Waals surface area contributed by atoms with Gasteiger partial charge in [-0.2, -0.15) is 0 Å². The molecule has 78 valence electrons. The molecule has 0 spiro atoms. The molecule has 0 aliphatic rings. The number of thiazole rings is 1. The zero-order valence-electron chi connectivity index (χ0n) is 7.55. The molecule has 0 saturated heterocycles. The van der Waals surface area contributed by atoms with E-state index in [1.165, 1.54) is 11.3 Å². The lowest BCUT2D eigenvalue weighted by molar-refractivity contribution is 0.0685. The van der Waals surface area contributed by atoms with Crippen LogP contribution in [0.15, 0.2) is 23.2 Å². The normalized spacial score (nSPS) is 10.5. The van der Waals surface area contributed by atoms with Crippen LogP contribution in [0, 0.1) is 3.57 Å². The smallest absolute Gasteiger partial charge is 0.352 e. The van der Waals surface area contributed by atoms with Gasteiger partial charge in [0, 0.05) is 15.1 Å². The van der Waals surface area contributed by atoms with E-state index >= 15 is 0 Å². The zero-order valence-corrected chi connectivity index (χ0v) is 10.5. The van der Waals surface area contributed by atoms with E-state index in [0.717, 1.165) is 9.26 Å². The summed E-state index contributed by atoms with van der Waals surface area (Å²) in [7, 11) is 0. The first-order valence-corrected chi connectivity index (χ1v) is 6.15. The lowest BCUT2D eigenvalue weighted by Gasteiger charge is -2.02. The van der Waals surface area contributed by atoms with Gasteiger partial charge in [-0.25, -0.2) is 9.78 Å². The Kier molecular flexibility index (Phi) is 3.06. The number of hydrogen-bond donors (Lipinski definition) is 1.